The second-order valence-corrected chi connectivity index (χ2v) is 7.53. The molecular weight excluding hydrogens is 250 g/mol. The van der Waals surface area contributed by atoms with E-state index in [-0.39, 0.29) is 11.6 Å². The van der Waals surface area contributed by atoms with Crippen LogP contribution >= 0.6 is 0 Å². The summed E-state index contributed by atoms with van der Waals surface area (Å²) in [5.41, 5.74) is 5.92. The molecule has 1 aliphatic carbocycles. The molecule has 0 bridgehead atoms. The minimum absolute atomic E-state index is 0.0506. The van der Waals surface area contributed by atoms with Crippen molar-refractivity contribution in [2.45, 2.75) is 64.0 Å². The van der Waals surface area contributed by atoms with Crippen molar-refractivity contribution in [2.24, 2.45) is 5.73 Å². The molecule has 108 valence electrons. The average Bonchev–Trinajstić information content (AvgIpc) is 2.51. The molecule has 0 aromatic carbocycles. The van der Waals surface area contributed by atoms with Gasteiger partial charge in [-0.25, -0.2) is 4.72 Å². The third-order valence-corrected chi connectivity index (χ3v) is 5.50. The van der Waals surface area contributed by atoms with Gasteiger partial charge >= 0.3 is 0 Å². The van der Waals surface area contributed by atoms with Crippen molar-refractivity contribution in [3.8, 4) is 0 Å². The van der Waals surface area contributed by atoms with Crippen molar-refractivity contribution in [2.75, 3.05) is 13.6 Å². The SMILES string of the molecule is CC(C)N(C)S(=O)(=O)NCC1(N)CCCCCC1. The van der Waals surface area contributed by atoms with E-state index in [2.05, 4.69) is 4.72 Å². The van der Waals surface area contributed by atoms with Crippen LogP contribution < -0.4 is 10.5 Å². The molecule has 3 N–H and O–H groups in total. The third-order valence-electron chi connectivity index (χ3n) is 3.81. The molecule has 18 heavy (non-hydrogen) atoms. The van der Waals surface area contributed by atoms with E-state index < -0.39 is 10.2 Å². The van der Waals surface area contributed by atoms with Crippen molar-refractivity contribution in [3.63, 3.8) is 0 Å². The molecule has 0 heterocycles. The molecular formula is C12H27N3O2S. The van der Waals surface area contributed by atoms with E-state index in [1.165, 1.54) is 17.1 Å². The normalized spacial score (nSPS) is 21.2. The van der Waals surface area contributed by atoms with Gasteiger partial charge < -0.3 is 5.73 Å². The Balaban J connectivity index is 2.58. The largest absolute Gasteiger partial charge is 0.324 e. The Labute approximate surface area is 111 Å². The highest BCUT2D eigenvalue weighted by molar-refractivity contribution is 7.87. The molecule has 5 nitrogen and oxygen atoms in total. The summed E-state index contributed by atoms with van der Waals surface area (Å²) >= 11 is 0. The average molecular weight is 277 g/mol. The number of hydrogen-bond acceptors (Lipinski definition) is 3. The number of nitrogens with one attached hydrogen (secondary N) is 1. The summed E-state index contributed by atoms with van der Waals surface area (Å²) in [5.74, 6) is 0. The quantitative estimate of drug-likeness (QED) is 0.742. The Morgan fingerprint density at radius 1 is 1.22 bits per heavy atom. The maximum absolute atomic E-state index is 12.0. The van der Waals surface area contributed by atoms with Crippen LogP contribution in [0.15, 0.2) is 0 Å². The maximum Gasteiger partial charge on any atom is 0.279 e. The van der Waals surface area contributed by atoms with Gasteiger partial charge in [0.2, 0.25) is 0 Å². The van der Waals surface area contributed by atoms with Crippen LogP contribution in [-0.4, -0.2) is 37.9 Å². The monoisotopic (exact) mass is 277 g/mol. The molecule has 0 amide bonds. The zero-order chi connectivity index (χ0) is 13.8. The van der Waals surface area contributed by atoms with Gasteiger partial charge in [-0.3, -0.25) is 0 Å². The summed E-state index contributed by atoms with van der Waals surface area (Å²) < 4.78 is 28.0. The summed E-state index contributed by atoms with van der Waals surface area (Å²) in [5, 5.41) is 0. The van der Waals surface area contributed by atoms with Crippen molar-refractivity contribution < 1.29 is 8.42 Å². The number of hydrogen-bond donors (Lipinski definition) is 2. The molecule has 0 radical (unpaired) electrons. The van der Waals surface area contributed by atoms with Gasteiger partial charge in [-0.1, -0.05) is 25.7 Å². The Hall–Kier alpha value is -0.170. The van der Waals surface area contributed by atoms with Crippen LogP contribution in [0.4, 0.5) is 0 Å². The molecule has 1 saturated carbocycles. The fourth-order valence-corrected chi connectivity index (χ4v) is 3.45. The Bertz CT molecular complexity index is 346. The van der Waals surface area contributed by atoms with Gasteiger partial charge in [0.25, 0.3) is 10.2 Å². The molecule has 0 aromatic rings. The summed E-state index contributed by atoms with van der Waals surface area (Å²) in [7, 11) is -1.82. The van der Waals surface area contributed by atoms with Gasteiger partial charge in [0.1, 0.15) is 0 Å². The fourth-order valence-electron chi connectivity index (χ4n) is 2.22. The molecule has 6 heteroatoms. The van der Waals surface area contributed by atoms with E-state index in [9.17, 15) is 8.42 Å². The number of rotatable bonds is 5. The summed E-state index contributed by atoms with van der Waals surface area (Å²) in [4.78, 5) is 0. The molecule has 0 aromatic heterocycles. The maximum atomic E-state index is 12.0. The molecule has 0 spiro atoms. The van der Waals surface area contributed by atoms with Crippen molar-refractivity contribution >= 4 is 10.2 Å². The minimum Gasteiger partial charge on any atom is -0.324 e. The van der Waals surface area contributed by atoms with Crippen LogP contribution in [0, 0.1) is 0 Å². The van der Waals surface area contributed by atoms with Crippen LogP contribution in [0.3, 0.4) is 0 Å². The topological polar surface area (TPSA) is 75.4 Å². The first-order chi connectivity index (χ1) is 8.27. The third kappa shape index (κ3) is 4.50. The van der Waals surface area contributed by atoms with E-state index in [0.717, 1.165) is 25.7 Å². The van der Waals surface area contributed by atoms with Gasteiger partial charge in [0.15, 0.2) is 0 Å². The summed E-state index contributed by atoms with van der Waals surface area (Å²) in [6, 6.07) is -0.0506. The van der Waals surface area contributed by atoms with Gasteiger partial charge in [-0.2, -0.15) is 12.7 Å². The molecule has 0 atom stereocenters. The van der Waals surface area contributed by atoms with Crippen molar-refractivity contribution in [1.82, 2.24) is 9.03 Å². The lowest BCUT2D eigenvalue weighted by Crippen LogP contribution is -2.52. The first-order valence-corrected chi connectivity index (χ1v) is 8.22. The van der Waals surface area contributed by atoms with Gasteiger partial charge in [0, 0.05) is 25.2 Å². The molecule has 0 unspecified atom stereocenters. The van der Waals surface area contributed by atoms with E-state index in [0.29, 0.717) is 6.54 Å². The lowest BCUT2D eigenvalue weighted by molar-refractivity contribution is 0.354. The minimum atomic E-state index is -3.41. The first kappa shape index (κ1) is 15.9. The van der Waals surface area contributed by atoms with E-state index in [1.807, 2.05) is 13.8 Å². The Morgan fingerprint density at radius 3 is 2.17 bits per heavy atom. The van der Waals surface area contributed by atoms with Crippen LogP contribution in [0.5, 0.6) is 0 Å². The van der Waals surface area contributed by atoms with Crippen LogP contribution in [0.1, 0.15) is 52.4 Å². The fraction of sp³-hybridized carbons (Fsp3) is 1.00. The highest BCUT2D eigenvalue weighted by atomic mass is 32.2. The smallest absolute Gasteiger partial charge is 0.279 e. The molecule has 1 rings (SSSR count). The van der Waals surface area contributed by atoms with Gasteiger partial charge in [-0.15, -0.1) is 0 Å². The number of nitrogens with two attached hydrogens (primary N) is 1. The Morgan fingerprint density at radius 2 is 1.72 bits per heavy atom. The zero-order valence-electron chi connectivity index (χ0n) is 11.8. The predicted octanol–water partition coefficient (Wildman–Crippen LogP) is 1.21. The zero-order valence-corrected chi connectivity index (χ0v) is 12.6. The molecule has 1 fully saturated rings. The van der Waals surface area contributed by atoms with E-state index in [1.54, 1.807) is 7.05 Å². The summed E-state index contributed by atoms with van der Waals surface area (Å²) in [6.07, 6.45) is 6.41. The second kappa shape index (κ2) is 6.32. The van der Waals surface area contributed by atoms with E-state index >= 15 is 0 Å². The van der Waals surface area contributed by atoms with Crippen LogP contribution in [0.2, 0.25) is 0 Å². The lowest BCUT2D eigenvalue weighted by atomic mass is 9.92. The highest BCUT2D eigenvalue weighted by Gasteiger charge is 2.29. The van der Waals surface area contributed by atoms with E-state index in [4.69, 9.17) is 5.73 Å². The molecule has 0 saturated heterocycles. The number of nitrogens with zero attached hydrogens (tertiary/aromatic N) is 1. The Kier molecular flexibility index (Phi) is 5.58. The van der Waals surface area contributed by atoms with Gasteiger partial charge in [0.05, 0.1) is 0 Å². The first-order valence-electron chi connectivity index (χ1n) is 6.78. The van der Waals surface area contributed by atoms with Crippen LogP contribution in [-0.2, 0) is 10.2 Å². The second-order valence-electron chi connectivity index (χ2n) is 5.71. The highest BCUT2D eigenvalue weighted by Crippen LogP contribution is 2.24. The molecule has 0 aliphatic heterocycles. The standard InChI is InChI=1S/C12H27N3O2S/c1-11(2)15(3)18(16,17)14-10-12(13)8-6-4-5-7-9-12/h11,14H,4-10,13H2,1-3H3. The van der Waals surface area contributed by atoms with Gasteiger partial charge in [-0.05, 0) is 26.7 Å². The van der Waals surface area contributed by atoms with Crippen LogP contribution in [0.25, 0.3) is 0 Å². The lowest BCUT2D eigenvalue weighted by Gasteiger charge is -2.30. The van der Waals surface area contributed by atoms with Crippen molar-refractivity contribution in [3.05, 3.63) is 0 Å². The summed E-state index contributed by atoms with van der Waals surface area (Å²) in [6.45, 7) is 4.04. The molecule has 1 aliphatic rings. The van der Waals surface area contributed by atoms with Crippen molar-refractivity contribution in [1.29, 1.82) is 0 Å². The predicted molar refractivity (Wildman–Crippen MR) is 74.4 cm³/mol.